The van der Waals surface area contributed by atoms with Crippen LogP contribution >= 0.6 is 0 Å². The van der Waals surface area contributed by atoms with E-state index in [1.54, 1.807) is 13.8 Å². The Labute approximate surface area is 156 Å². The van der Waals surface area contributed by atoms with Crippen LogP contribution in [0.5, 0.6) is 0 Å². The first kappa shape index (κ1) is 18.7. The zero-order valence-corrected chi connectivity index (χ0v) is 15.7. The summed E-state index contributed by atoms with van der Waals surface area (Å²) < 4.78 is 0. The molecule has 0 atom stereocenters. The highest BCUT2D eigenvalue weighted by Crippen LogP contribution is 2.37. The lowest BCUT2D eigenvalue weighted by molar-refractivity contribution is -0.117. The first-order chi connectivity index (χ1) is 12.4. The monoisotopic (exact) mass is 351 g/mol. The molecule has 1 fully saturated rings. The summed E-state index contributed by atoms with van der Waals surface area (Å²) >= 11 is 0. The van der Waals surface area contributed by atoms with Gasteiger partial charge in [0.2, 0.25) is 5.91 Å². The Balaban J connectivity index is 1.47. The third-order valence-electron chi connectivity index (χ3n) is 5.47. The van der Waals surface area contributed by atoms with Gasteiger partial charge in [-0.2, -0.15) is 0 Å². The van der Waals surface area contributed by atoms with Gasteiger partial charge in [0.05, 0.1) is 5.60 Å². The second-order valence-corrected chi connectivity index (χ2v) is 8.02. The first-order valence-electron chi connectivity index (χ1n) is 9.59. The predicted molar refractivity (Wildman–Crippen MR) is 106 cm³/mol. The normalized spacial score (nSPS) is 20.6. The third-order valence-corrected chi connectivity index (χ3v) is 5.47. The first-order valence-corrected chi connectivity index (χ1v) is 9.59. The van der Waals surface area contributed by atoms with Gasteiger partial charge in [0.15, 0.2) is 0 Å². The molecule has 2 aromatic rings. The highest BCUT2D eigenvalue weighted by Gasteiger charge is 2.24. The summed E-state index contributed by atoms with van der Waals surface area (Å²) in [5, 5.41) is 13.0. The number of carbonyl (C=O) groups is 1. The summed E-state index contributed by atoms with van der Waals surface area (Å²) in [4.78, 5) is 12.4. The molecule has 1 aliphatic rings. The molecule has 3 heteroatoms. The van der Waals surface area contributed by atoms with Gasteiger partial charge in [0.25, 0.3) is 0 Å². The van der Waals surface area contributed by atoms with E-state index in [4.69, 9.17) is 0 Å². The lowest BCUT2D eigenvalue weighted by atomic mass is 9.77. The fourth-order valence-corrected chi connectivity index (χ4v) is 3.86. The molecular formula is C23H29NO2. The maximum absolute atomic E-state index is 12.4. The molecule has 0 aromatic heterocycles. The SMILES string of the molecule is CC(C)(O)c1ccc(NC(=O)C[C@H]2CC[C@H](c3ccccc3)CC2)cc1. The van der Waals surface area contributed by atoms with Crippen molar-refractivity contribution in [3.63, 3.8) is 0 Å². The smallest absolute Gasteiger partial charge is 0.224 e. The van der Waals surface area contributed by atoms with Crippen LogP contribution in [0.4, 0.5) is 5.69 Å². The fraction of sp³-hybridized carbons (Fsp3) is 0.435. The number of aliphatic hydroxyl groups is 1. The Bertz CT molecular complexity index is 708. The molecule has 0 heterocycles. The van der Waals surface area contributed by atoms with Crippen molar-refractivity contribution >= 4 is 11.6 Å². The third kappa shape index (κ3) is 4.95. The molecule has 0 bridgehead atoms. The number of benzene rings is 2. The summed E-state index contributed by atoms with van der Waals surface area (Å²) in [6.45, 7) is 3.51. The molecule has 0 aliphatic heterocycles. The molecule has 26 heavy (non-hydrogen) atoms. The zero-order chi connectivity index (χ0) is 18.6. The van der Waals surface area contributed by atoms with Crippen molar-refractivity contribution in [1.29, 1.82) is 0 Å². The molecule has 3 nitrogen and oxygen atoms in total. The van der Waals surface area contributed by atoms with Crippen molar-refractivity contribution in [2.24, 2.45) is 5.92 Å². The second kappa shape index (κ2) is 8.05. The summed E-state index contributed by atoms with van der Waals surface area (Å²) in [6, 6.07) is 18.2. The number of nitrogens with one attached hydrogen (secondary N) is 1. The van der Waals surface area contributed by atoms with E-state index in [1.807, 2.05) is 24.3 Å². The Morgan fingerprint density at radius 3 is 2.19 bits per heavy atom. The number of hydrogen-bond donors (Lipinski definition) is 2. The number of hydrogen-bond acceptors (Lipinski definition) is 2. The molecule has 1 aliphatic carbocycles. The van der Waals surface area contributed by atoms with Gasteiger partial charge in [-0.1, -0.05) is 42.5 Å². The van der Waals surface area contributed by atoms with E-state index in [0.29, 0.717) is 18.3 Å². The van der Waals surface area contributed by atoms with Crippen LogP contribution in [0.25, 0.3) is 0 Å². The van der Waals surface area contributed by atoms with E-state index < -0.39 is 5.60 Å². The molecule has 0 radical (unpaired) electrons. The number of anilines is 1. The van der Waals surface area contributed by atoms with E-state index in [-0.39, 0.29) is 5.91 Å². The van der Waals surface area contributed by atoms with Crippen molar-refractivity contribution in [2.75, 3.05) is 5.32 Å². The second-order valence-electron chi connectivity index (χ2n) is 8.02. The molecule has 0 saturated heterocycles. The van der Waals surface area contributed by atoms with Gasteiger partial charge in [-0.3, -0.25) is 4.79 Å². The van der Waals surface area contributed by atoms with E-state index >= 15 is 0 Å². The van der Waals surface area contributed by atoms with Crippen LogP contribution in [-0.4, -0.2) is 11.0 Å². The Hall–Kier alpha value is -2.13. The number of rotatable bonds is 5. The lowest BCUT2D eigenvalue weighted by Crippen LogP contribution is -2.20. The molecule has 138 valence electrons. The predicted octanol–water partition coefficient (Wildman–Crippen LogP) is 5.22. The van der Waals surface area contributed by atoms with Crippen molar-refractivity contribution in [1.82, 2.24) is 0 Å². The minimum atomic E-state index is -0.861. The van der Waals surface area contributed by atoms with Gasteiger partial charge < -0.3 is 10.4 Å². The molecule has 3 rings (SSSR count). The maximum atomic E-state index is 12.4. The fourth-order valence-electron chi connectivity index (χ4n) is 3.86. The molecule has 1 saturated carbocycles. The van der Waals surface area contributed by atoms with Crippen LogP contribution in [0.3, 0.4) is 0 Å². The number of carbonyl (C=O) groups excluding carboxylic acids is 1. The summed E-state index contributed by atoms with van der Waals surface area (Å²) in [6.07, 6.45) is 5.16. The molecule has 0 unspecified atom stereocenters. The van der Waals surface area contributed by atoms with Crippen molar-refractivity contribution in [2.45, 2.75) is 57.5 Å². The minimum absolute atomic E-state index is 0.0872. The van der Waals surface area contributed by atoms with Crippen LogP contribution in [0.2, 0.25) is 0 Å². The molecular weight excluding hydrogens is 322 g/mol. The van der Waals surface area contributed by atoms with Crippen LogP contribution in [0.15, 0.2) is 54.6 Å². The van der Waals surface area contributed by atoms with Crippen LogP contribution < -0.4 is 5.32 Å². The summed E-state index contributed by atoms with van der Waals surface area (Å²) in [7, 11) is 0. The standard InChI is InChI=1S/C23H29NO2/c1-23(2,26)20-12-14-21(15-13-20)24-22(25)16-17-8-10-19(11-9-17)18-6-4-3-5-7-18/h3-7,12-15,17,19,26H,8-11,16H2,1-2H3,(H,24,25)/t17-,19-. The Kier molecular flexibility index (Phi) is 5.77. The van der Waals surface area contributed by atoms with E-state index in [9.17, 15) is 9.90 Å². The average molecular weight is 351 g/mol. The molecule has 2 aromatic carbocycles. The summed E-state index contributed by atoms with van der Waals surface area (Å²) in [5.41, 5.74) is 2.21. The van der Waals surface area contributed by atoms with Gasteiger partial charge >= 0.3 is 0 Å². The molecule has 1 amide bonds. The summed E-state index contributed by atoms with van der Waals surface area (Å²) in [5.74, 6) is 1.21. The Morgan fingerprint density at radius 2 is 1.62 bits per heavy atom. The van der Waals surface area contributed by atoms with Gasteiger partial charge in [-0.15, -0.1) is 0 Å². The largest absolute Gasteiger partial charge is 0.386 e. The highest BCUT2D eigenvalue weighted by atomic mass is 16.3. The van der Waals surface area contributed by atoms with Gasteiger partial charge in [0.1, 0.15) is 0 Å². The lowest BCUT2D eigenvalue weighted by Gasteiger charge is -2.28. The average Bonchev–Trinajstić information content (AvgIpc) is 2.63. The quantitative estimate of drug-likeness (QED) is 0.776. The maximum Gasteiger partial charge on any atom is 0.224 e. The van der Waals surface area contributed by atoms with Crippen molar-refractivity contribution in [3.05, 3.63) is 65.7 Å². The minimum Gasteiger partial charge on any atom is -0.386 e. The van der Waals surface area contributed by atoms with E-state index in [0.717, 1.165) is 24.1 Å². The number of amides is 1. The highest BCUT2D eigenvalue weighted by molar-refractivity contribution is 5.90. The molecule has 0 spiro atoms. The van der Waals surface area contributed by atoms with Crippen molar-refractivity contribution in [3.8, 4) is 0 Å². The topological polar surface area (TPSA) is 49.3 Å². The van der Waals surface area contributed by atoms with Gasteiger partial charge in [0, 0.05) is 12.1 Å². The van der Waals surface area contributed by atoms with Crippen molar-refractivity contribution < 1.29 is 9.90 Å². The van der Waals surface area contributed by atoms with Crippen LogP contribution in [0, 0.1) is 5.92 Å². The zero-order valence-electron chi connectivity index (χ0n) is 15.7. The molecule has 2 N–H and O–H groups in total. The van der Waals surface area contributed by atoms with Gasteiger partial charge in [-0.05, 0) is 74.6 Å². The Morgan fingerprint density at radius 1 is 1.00 bits per heavy atom. The van der Waals surface area contributed by atoms with E-state index in [2.05, 4.69) is 35.6 Å². The van der Waals surface area contributed by atoms with E-state index in [1.165, 1.54) is 18.4 Å². The van der Waals surface area contributed by atoms with Crippen LogP contribution in [0.1, 0.15) is 63.0 Å². The van der Waals surface area contributed by atoms with Crippen LogP contribution in [-0.2, 0) is 10.4 Å². The van der Waals surface area contributed by atoms with Gasteiger partial charge in [-0.25, -0.2) is 0 Å².